The molecule has 0 fully saturated rings. The van der Waals surface area contributed by atoms with Crippen LogP contribution in [0.2, 0.25) is 0 Å². The van der Waals surface area contributed by atoms with Crippen molar-refractivity contribution in [2.45, 2.75) is 12.8 Å². The Labute approximate surface area is 138 Å². The van der Waals surface area contributed by atoms with E-state index in [2.05, 4.69) is 5.10 Å². The summed E-state index contributed by atoms with van der Waals surface area (Å²) in [5.41, 5.74) is 1.87. The molecule has 0 radical (unpaired) electrons. The van der Waals surface area contributed by atoms with E-state index < -0.39 is 5.97 Å². The largest absolute Gasteiger partial charge is 0.465 e. The number of hydrogen-bond acceptors (Lipinski definition) is 5. The van der Waals surface area contributed by atoms with E-state index in [1.54, 1.807) is 23.1 Å². The van der Waals surface area contributed by atoms with Crippen LogP contribution >= 0.6 is 0 Å². The van der Waals surface area contributed by atoms with Gasteiger partial charge in [-0.25, -0.2) is 9.48 Å². The average molecular weight is 327 g/mol. The van der Waals surface area contributed by atoms with Gasteiger partial charge in [0, 0.05) is 25.3 Å². The van der Waals surface area contributed by atoms with Crippen molar-refractivity contribution in [2.24, 2.45) is 7.05 Å². The minimum absolute atomic E-state index is 0.188. The van der Waals surface area contributed by atoms with Gasteiger partial charge in [-0.3, -0.25) is 9.59 Å². The van der Waals surface area contributed by atoms with Crippen LogP contribution in [0.1, 0.15) is 32.8 Å². The van der Waals surface area contributed by atoms with Gasteiger partial charge in [-0.05, 0) is 36.6 Å². The summed E-state index contributed by atoms with van der Waals surface area (Å²) in [7, 11) is 2.83. The Morgan fingerprint density at radius 2 is 2.00 bits per heavy atom. The van der Waals surface area contributed by atoms with Crippen molar-refractivity contribution in [1.82, 2.24) is 9.78 Å². The fourth-order valence-electron chi connectivity index (χ4n) is 2.89. The Morgan fingerprint density at radius 1 is 1.21 bits per heavy atom. The van der Waals surface area contributed by atoms with Gasteiger partial charge in [-0.15, -0.1) is 0 Å². The number of benzene rings is 1. The van der Waals surface area contributed by atoms with Crippen LogP contribution < -0.4 is 10.5 Å². The second kappa shape index (κ2) is 6.27. The molecule has 0 N–H and O–H groups in total. The van der Waals surface area contributed by atoms with Crippen LogP contribution in [0.3, 0.4) is 0 Å². The van der Waals surface area contributed by atoms with E-state index in [4.69, 9.17) is 4.74 Å². The van der Waals surface area contributed by atoms with Crippen LogP contribution in [0.15, 0.2) is 35.1 Å². The van der Waals surface area contributed by atoms with Gasteiger partial charge in [0.15, 0.2) is 0 Å². The molecular weight excluding hydrogens is 310 g/mol. The van der Waals surface area contributed by atoms with Gasteiger partial charge in [-0.2, -0.15) is 5.10 Å². The topological polar surface area (TPSA) is 81.5 Å². The number of hydrogen-bond donors (Lipinski definition) is 0. The van der Waals surface area contributed by atoms with Crippen LogP contribution in [-0.4, -0.2) is 35.3 Å². The molecule has 0 bridgehead atoms. The number of esters is 1. The van der Waals surface area contributed by atoms with Crippen molar-refractivity contribution in [3.8, 4) is 0 Å². The SMILES string of the molecule is COC(=O)c1cccc2c1CCCN2C(=O)c1ccc(=O)n(C)n1. The van der Waals surface area contributed by atoms with E-state index in [0.29, 0.717) is 24.2 Å². The molecule has 1 aliphatic heterocycles. The maximum absolute atomic E-state index is 12.8. The first-order chi connectivity index (χ1) is 11.5. The molecule has 7 nitrogen and oxygen atoms in total. The van der Waals surface area contributed by atoms with Gasteiger partial charge in [0.2, 0.25) is 0 Å². The summed E-state index contributed by atoms with van der Waals surface area (Å²) >= 11 is 0. The molecule has 0 atom stereocenters. The highest BCUT2D eigenvalue weighted by Gasteiger charge is 2.27. The lowest BCUT2D eigenvalue weighted by Crippen LogP contribution is -2.37. The van der Waals surface area contributed by atoms with E-state index in [1.165, 1.54) is 26.3 Å². The Morgan fingerprint density at radius 3 is 2.71 bits per heavy atom. The first-order valence-corrected chi connectivity index (χ1v) is 7.59. The molecule has 0 aliphatic carbocycles. The highest BCUT2D eigenvalue weighted by Crippen LogP contribution is 2.31. The molecule has 124 valence electrons. The fourth-order valence-corrected chi connectivity index (χ4v) is 2.89. The second-order valence-electron chi connectivity index (χ2n) is 5.54. The Balaban J connectivity index is 2.03. The number of nitrogens with zero attached hydrogens (tertiary/aromatic N) is 3. The molecule has 0 spiro atoms. The average Bonchev–Trinajstić information content (AvgIpc) is 2.61. The minimum Gasteiger partial charge on any atom is -0.465 e. The molecule has 1 aromatic heterocycles. The molecule has 0 saturated heterocycles. The first-order valence-electron chi connectivity index (χ1n) is 7.59. The molecule has 0 unspecified atom stereocenters. The van der Waals surface area contributed by atoms with Crippen LogP contribution in [0.5, 0.6) is 0 Å². The van der Waals surface area contributed by atoms with Crippen molar-refractivity contribution in [3.05, 3.63) is 57.5 Å². The molecule has 3 rings (SSSR count). The summed E-state index contributed by atoms with van der Waals surface area (Å²) < 4.78 is 5.95. The Hall–Kier alpha value is -2.96. The van der Waals surface area contributed by atoms with Gasteiger partial charge in [0.1, 0.15) is 5.69 Å². The lowest BCUT2D eigenvalue weighted by molar-refractivity contribution is 0.0599. The number of rotatable bonds is 2. The molecule has 24 heavy (non-hydrogen) atoms. The quantitative estimate of drug-likeness (QED) is 0.773. The molecule has 2 aromatic rings. The van der Waals surface area contributed by atoms with Gasteiger partial charge < -0.3 is 9.64 Å². The smallest absolute Gasteiger partial charge is 0.338 e. The van der Waals surface area contributed by atoms with Crippen LogP contribution in [0, 0.1) is 0 Å². The number of carbonyl (C=O) groups is 2. The monoisotopic (exact) mass is 327 g/mol. The molecule has 1 aromatic carbocycles. The standard InChI is InChI=1S/C17H17N3O4/c1-19-15(21)9-8-13(18-19)16(22)20-10-4-6-11-12(17(23)24-2)5-3-7-14(11)20/h3,5,7-9H,4,6,10H2,1-2H3. The van der Waals surface area contributed by atoms with Crippen molar-refractivity contribution in [1.29, 1.82) is 0 Å². The summed E-state index contributed by atoms with van der Waals surface area (Å²) in [5, 5.41) is 4.02. The number of anilines is 1. The predicted molar refractivity (Wildman–Crippen MR) is 87.3 cm³/mol. The molecule has 2 heterocycles. The third-order valence-corrected chi connectivity index (χ3v) is 4.08. The highest BCUT2D eigenvalue weighted by atomic mass is 16.5. The summed E-state index contributed by atoms with van der Waals surface area (Å²) in [6, 6.07) is 7.97. The third kappa shape index (κ3) is 2.68. The minimum atomic E-state index is -0.415. The zero-order valence-electron chi connectivity index (χ0n) is 13.5. The molecule has 1 amide bonds. The lowest BCUT2D eigenvalue weighted by atomic mass is 9.96. The Bertz CT molecular complexity index is 872. The zero-order valence-corrected chi connectivity index (χ0v) is 13.5. The maximum atomic E-state index is 12.8. The van der Waals surface area contributed by atoms with E-state index in [-0.39, 0.29) is 17.2 Å². The summed E-state index contributed by atoms with van der Waals surface area (Å²) in [5.74, 6) is -0.713. The first kappa shape index (κ1) is 15.9. The number of methoxy groups -OCH3 is 1. The van der Waals surface area contributed by atoms with E-state index in [0.717, 1.165) is 16.7 Å². The van der Waals surface area contributed by atoms with Gasteiger partial charge in [-0.1, -0.05) is 6.07 Å². The number of amides is 1. The zero-order chi connectivity index (χ0) is 17.3. The van der Waals surface area contributed by atoms with Gasteiger partial charge in [0.05, 0.1) is 12.7 Å². The van der Waals surface area contributed by atoms with E-state index in [1.807, 2.05) is 0 Å². The van der Waals surface area contributed by atoms with Crippen molar-refractivity contribution in [3.63, 3.8) is 0 Å². The van der Waals surface area contributed by atoms with E-state index >= 15 is 0 Å². The predicted octanol–water partition coefficient (Wildman–Crippen LogP) is 1.16. The highest BCUT2D eigenvalue weighted by molar-refractivity contribution is 6.06. The lowest BCUT2D eigenvalue weighted by Gasteiger charge is -2.30. The molecular formula is C17H17N3O4. The summed E-state index contributed by atoms with van der Waals surface area (Å²) in [6.45, 7) is 0.529. The molecule has 0 saturated carbocycles. The summed E-state index contributed by atoms with van der Waals surface area (Å²) in [4.78, 5) is 37.8. The van der Waals surface area contributed by atoms with Crippen LogP contribution in [0.25, 0.3) is 0 Å². The van der Waals surface area contributed by atoms with Crippen molar-refractivity contribution in [2.75, 3.05) is 18.6 Å². The normalized spacial score (nSPS) is 13.3. The molecule has 7 heteroatoms. The number of fused-ring (bicyclic) bond motifs is 1. The number of aryl methyl sites for hydroxylation is 1. The number of ether oxygens (including phenoxy) is 1. The summed E-state index contributed by atoms with van der Waals surface area (Å²) in [6.07, 6.45) is 1.43. The molecule has 1 aliphatic rings. The Kier molecular flexibility index (Phi) is 4.16. The van der Waals surface area contributed by atoms with Gasteiger partial charge >= 0.3 is 5.97 Å². The maximum Gasteiger partial charge on any atom is 0.338 e. The van der Waals surface area contributed by atoms with Crippen molar-refractivity contribution < 1.29 is 14.3 Å². The van der Waals surface area contributed by atoms with Crippen LogP contribution in [0.4, 0.5) is 5.69 Å². The second-order valence-corrected chi connectivity index (χ2v) is 5.54. The van der Waals surface area contributed by atoms with Crippen molar-refractivity contribution >= 4 is 17.6 Å². The van der Waals surface area contributed by atoms with Gasteiger partial charge in [0.25, 0.3) is 11.5 Å². The van der Waals surface area contributed by atoms with E-state index in [9.17, 15) is 14.4 Å². The number of carbonyl (C=O) groups excluding carboxylic acids is 2. The number of aromatic nitrogens is 2. The van der Waals surface area contributed by atoms with Crippen LogP contribution in [-0.2, 0) is 18.2 Å². The third-order valence-electron chi connectivity index (χ3n) is 4.08. The fraction of sp³-hybridized carbons (Fsp3) is 0.294.